The lowest BCUT2D eigenvalue weighted by atomic mass is 9.96. The van der Waals surface area contributed by atoms with Crippen LogP contribution in [0.4, 0.5) is 0 Å². The van der Waals surface area contributed by atoms with E-state index in [2.05, 4.69) is 39.5 Å². The average Bonchev–Trinajstić information content (AvgIpc) is 3.02. The number of aryl methyl sites for hydroxylation is 1. The van der Waals surface area contributed by atoms with Gasteiger partial charge in [-0.25, -0.2) is 0 Å². The highest BCUT2D eigenvalue weighted by atomic mass is 15.6. The summed E-state index contributed by atoms with van der Waals surface area (Å²) in [5, 5.41) is 16.0. The topological polar surface area (TPSA) is 58.9 Å². The second-order valence-electron chi connectivity index (χ2n) is 6.27. The Balaban J connectivity index is 1.72. The van der Waals surface area contributed by atoms with Gasteiger partial charge >= 0.3 is 0 Å². The van der Waals surface area contributed by atoms with Crippen LogP contribution in [0.25, 0.3) is 0 Å². The van der Waals surface area contributed by atoms with Crippen molar-refractivity contribution in [2.75, 3.05) is 13.1 Å². The molecule has 1 aliphatic heterocycles. The maximum absolute atomic E-state index is 4.30. The lowest BCUT2D eigenvalue weighted by molar-refractivity contribution is 0.0735. The third-order valence-electron chi connectivity index (χ3n) is 3.92. The van der Waals surface area contributed by atoms with Gasteiger partial charge in [-0.2, -0.15) is 4.80 Å². The number of hydrogen-bond donors (Lipinski definition) is 1. The number of nitrogens with zero attached hydrogens (tertiary/aromatic N) is 5. The highest BCUT2D eigenvalue weighted by Gasteiger charge is 2.41. The number of piperazine rings is 1. The van der Waals surface area contributed by atoms with E-state index in [-0.39, 0.29) is 5.54 Å². The maximum atomic E-state index is 4.30. The second kappa shape index (κ2) is 4.28. The maximum Gasteiger partial charge on any atom is 0.188 e. The Labute approximate surface area is 108 Å². The van der Waals surface area contributed by atoms with Crippen LogP contribution in [-0.4, -0.2) is 49.8 Å². The summed E-state index contributed by atoms with van der Waals surface area (Å²) >= 11 is 0. The molecule has 3 rings (SSSR count). The van der Waals surface area contributed by atoms with Gasteiger partial charge in [0.2, 0.25) is 0 Å². The Morgan fingerprint density at radius 3 is 2.78 bits per heavy atom. The summed E-state index contributed by atoms with van der Waals surface area (Å²) in [5.41, 5.74) is 0.174. The molecule has 2 aliphatic rings. The minimum Gasteiger partial charge on any atom is -0.309 e. The van der Waals surface area contributed by atoms with E-state index in [1.165, 1.54) is 17.6 Å². The summed E-state index contributed by atoms with van der Waals surface area (Å²) in [6, 6.07) is 0.641. The molecule has 2 fully saturated rings. The summed E-state index contributed by atoms with van der Waals surface area (Å²) in [4.78, 5) is 4.07. The van der Waals surface area contributed by atoms with Gasteiger partial charge in [-0.05, 0) is 37.8 Å². The molecule has 0 bridgehead atoms. The fourth-order valence-corrected chi connectivity index (χ4v) is 2.88. The summed E-state index contributed by atoms with van der Waals surface area (Å²) < 4.78 is 0. The van der Waals surface area contributed by atoms with Crippen molar-refractivity contribution in [2.45, 2.75) is 44.8 Å². The molecular formula is C12H22N6. The summed E-state index contributed by atoms with van der Waals surface area (Å²) in [7, 11) is 1.82. The van der Waals surface area contributed by atoms with Crippen molar-refractivity contribution in [1.82, 2.24) is 30.4 Å². The molecule has 1 N–H and O–H groups in total. The van der Waals surface area contributed by atoms with Gasteiger partial charge in [0.15, 0.2) is 5.82 Å². The van der Waals surface area contributed by atoms with E-state index in [4.69, 9.17) is 0 Å². The number of aromatic nitrogens is 4. The minimum absolute atomic E-state index is 0.174. The predicted octanol–water partition coefficient (Wildman–Crippen LogP) is 0.173. The van der Waals surface area contributed by atoms with Crippen LogP contribution in [-0.2, 0) is 13.6 Å². The number of hydrogen-bond acceptors (Lipinski definition) is 5. The van der Waals surface area contributed by atoms with Crippen LogP contribution < -0.4 is 5.32 Å². The van der Waals surface area contributed by atoms with Gasteiger partial charge in [0.1, 0.15) is 0 Å². The standard InChI is InChI=1S/C12H22N6/c1-12(2)8-18(7-11-14-16-17(3)15-11)10(6-13-12)9-4-5-9/h9-10,13H,4-8H2,1-3H3. The smallest absolute Gasteiger partial charge is 0.188 e. The normalized spacial score (nSPS) is 28.5. The van der Waals surface area contributed by atoms with Gasteiger partial charge in [0.05, 0.1) is 13.6 Å². The van der Waals surface area contributed by atoms with E-state index in [0.717, 1.165) is 31.4 Å². The molecule has 2 heterocycles. The monoisotopic (exact) mass is 250 g/mol. The van der Waals surface area contributed by atoms with Crippen LogP contribution >= 0.6 is 0 Å². The summed E-state index contributed by atoms with van der Waals surface area (Å²) in [5.74, 6) is 1.70. The fraction of sp³-hybridized carbons (Fsp3) is 0.917. The molecule has 0 spiro atoms. The van der Waals surface area contributed by atoms with E-state index in [1.807, 2.05) is 7.05 Å². The number of nitrogens with one attached hydrogen (secondary N) is 1. The van der Waals surface area contributed by atoms with Crippen LogP contribution in [0, 0.1) is 5.92 Å². The zero-order valence-electron chi connectivity index (χ0n) is 11.4. The molecule has 0 amide bonds. The third kappa shape index (κ3) is 2.54. The van der Waals surface area contributed by atoms with Crippen molar-refractivity contribution in [2.24, 2.45) is 13.0 Å². The first-order valence-corrected chi connectivity index (χ1v) is 6.75. The Hall–Kier alpha value is -1.01. The van der Waals surface area contributed by atoms with Crippen molar-refractivity contribution >= 4 is 0 Å². The molecule has 1 aromatic rings. The average molecular weight is 250 g/mol. The molecule has 18 heavy (non-hydrogen) atoms. The molecule has 1 aliphatic carbocycles. The molecule has 0 radical (unpaired) electrons. The van der Waals surface area contributed by atoms with Gasteiger partial charge in [0.25, 0.3) is 0 Å². The molecular weight excluding hydrogens is 228 g/mol. The third-order valence-corrected chi connectivity index (χ3v) is 3.92. The zero-order valence-corrected chi connectivity index (χ0v) is 11.4. The largest absolute Gasteiger partial charge is 0.309 e. The first-order chi connectivity index (χ1) is 8.53. The van der Waals surface area contributed by atoms with Crippen LogP contribution in [0.3, 0.4) is 0 Å². The summed E-state index contributed by atoms with van der Waals surface area (Å²) in [6.07, 6.45) is 2.74. The minimum atomic E-state index is 0.174. The van der Waals surface area contributed by atoms with Crippen molar-refractivity contribution in [3.05, 3.63) is 5.82 Å². The van der Waals surface area contributed by atoms with Gasteiger partial charge in [-0.1, -0.05) is 0 Å². The van der Waals surface area contributed by atoms with Crippen LogP contribution in [0.15, 0.2) is 0 Å². The van der Waals surface area contributed by atoms with Crippen LogP contribution in [0.2, 0.25) is 0 Å². The molecule has 100 valence electrons. The van der Waals surface area contributed by atoms with Crippen LogP contribution in [0.1, 0.15) is 32.5 Å². The molecule has 1 unspecified atom stereocenters. The first kappa shape index (κ1) is 12.0. The quantitative estimate of drug-likeness (QED) is 0.829. The van der Waals surface area contributed by atoms with E-state index in [0.29, 0.717) is 6.04 Å². The lowest BCUT2D eigenvalue weighted by Crippen LogP contribution is -2.61. The second-order valence-corrected chi connectivity index (χ2v) is 6.27. The lowest BCUT2D eigenvalue weighted by Gasteiger charge is -2.44. The van der Waals surface area contributed by atoms with Crippen molar-refractivity contribution in [3.63, 3.8) is 0 Å². The molecule has 1 saturated carbocycles. The van der Waals surface area contributed by atoms with E-state index < -0.39 is 0 Å². The Bertz CT molecular complexity index is 422. The van der Waals surface area contributed by atoms with Gasteiger partial charge < -0.3 is 5.32 Å². The summed E-state index contributed by atoms with van der Waals surface area (Å²) in [6.45, 7) is 7.46. The number of tetrazole rings is 1. The zero-order chi connectivity index (χ0) is 12.8. The molecule has 6 nitrogen and oxygen atoms in total. The van der Waals surface area contributed by atoms with Crippen LogP contribution in [0.5, 0.6) is 0 Å². The predicted molar refractivity (Wildman–Crippen MR) is 67.8 cm³/mol. The SMILES string of the molecule is Cn1nnc(CN2CC(C)(C)NCC2C2CC2)n1. The Kier molecular flexibility index (Phi) is 2.86. The highest BCUT2D eigenvalue weighted by Crippen LogP contribution is 2.37. The van der Waals surface area contributed by atoms with Gasteiger partial charge in [-0.3, -0.25) is 4.90 Å². The Morgan fingerprint density at radius 2 is 2.17 bits per heavy atom. The molecule has 1 saturated heterocycles. The molecule has 1 aromatic heterocycles. The number of rotatable bonds is 3. The van der Waals surface area contributed by atoms with Crippen molar-refractivity contribution in [3.8, 4) is 0 Å². The highest BCUT2D eigenvalue weighted by molar-refractivity contribution is 4.99. The van der Waals surface area contributed by atoms with E-state index in [9.17, 15) is 0 Å². The molecule has 0 aromatic carbocycles. The van der Waals surface area contributed by atoms with E-state index >= 15 is 0 Å². The fourth-order valence-electron chi connectivity index (χ4n) is 2.88. The van der Waals surface area contributed by atoms with E-state index in [1.54, 1.807) is 0 Å². The van der Waals surface area contributed by atoms with Crippen molar-refractivity contribution in [1.29, 1.82) is 0 Å². The first-order valence-electron chi connectivity index (χ1n) is 6.75. The molecule has 1 atom stereocenters. The van der Waals surface area contributed by atoms with Crippen molar-refractivity contribution < 1.29 is 0 Å². The Morgan fingerprint density at radius 1 is 1.39 bits per heavy atom. The molecule has 6 heteroatoms. The van der Waals surface area contributed by atoms with Gasteiger partial charge in [-0.15, -0.1) is 10.2 Å². The van der Waals surface area contributed by atoms with Gasteiger partial charge in [0, 0.05) is 24.7 Å².